The molecule has 2 heterocycles. The third-order valence-electron chi connectivity index (χ3n) is 3.74. The van der Waals surface area contributed by atoms with Crippen LogP contribution in [-0.4, -0.2) is 21.1 Å². The molecule has 114 valence electrons. The molecule has 1 aliphatic heterocycles. The number of nitrogens with zero attached hydrogens (tertiary/aromatic N) is 2. The van der Waals surface area contributed by atoms with Gasteiger partial charge in [-0.2, -0.15) is 0 Å². The van der Waals surface area contributed by atoms with Gasteiger partial charge in [0.15, 0.2) is 11.3 Å². The Hall–Kier alpha value is -2.74. The fourth-order valence-corrected chi connectivity index (χ4v) is 2.63. The minimum atomic E-state index is -1.92. The molecule has 0 fully saturated rings. The van der Waals surface area contributed by atoms with Crippen LogP contribution in [-0.2, 0) is 16.8 Å². The molecule has 0 spiro atoms. The van der Waals surface area contributed by atoms with Crippen LogP contribution < -0.4 is 5.32 Å². The number of rotatable bonds is 3. The number of aromatic nitrogens is 1. The van der Waals surface area contributed by atoms with Gasteiger partial charge >= 0.3 is 5.69 Å². The Morgan fingerprint density at radius 2 is 2.18 bits per heavy atom. The zero-order valence-corrected chi connectivity index (χ0v) is 11.9. The number of nitrogens with one attached hydrogen (secondary N) is 1. The first kappa shape index (κ1) is 14.2. The maximum atomic E-state index is 12.2. The van der Waals surface area contributed by atoms with Gasteiger partial charge in [-0.25, -0.2) is 0 Å². The number of aliphatic hydroxyl groups is 1. The van der Waals surface area contributed by atoms with Gasteiger partial charge in [0.25, 0.3) is 5.91 Å². The number of aryl methyl sites for hydroxylation is 2. The zero-order valence-electron chi connectivity index (χ0n) is 11.9. The largest absolute Gasteiger partial charge is 0.375 e. The van der Waals surface area contributed by atoms with E-state index < -0.39 is 16.4 Å². The minimum Gasteiger partial charge on any atom is -0.375 e. The lowest BCUT2D eigenvalue weighted by Crippen LogP contribution is -2.36. The molecule has 2 N–H and O–H groups in total. The molecule has 1 aromatic heterocycles. The molecule has 0 saturated carbocycles. The molecule has 22 heavy (non-hydrogen) atoms. The van der Waals surface area contributed by atoms with Crippen LogP contribution in [0, 0.1) is 24.0 Å². The van der Waals surface area contributed by atoms with E-state index in [0.717, 1.165) is 5.56 Å². The number of carbonyl (C=O) groups excluding carboxylic acids is 1. The van der Waals surface area contributed by atoms with Crippen molar-refractivity contribution < 1.29 is 19.3 Å². The van der Waals surface area contributed by atoms with Gasteiger partial charge in [0.1, 0.15) is 0 Å². The van der Waals surface area contributed by atoms with Crippen molar-refractivity contribution in [1.82, 2.24) is 5.16 Å². The van der Waals surface area contributed by atoms with Crippen molar-refractivity contribution in [2.24, 2.45) is 0 Å². The maximum absolute atomic E-state index is 12.2. The average molecular weight is 303 g/mol. The summed E-state index contributed by atoms with van der Waals surface area (Å²) in [6.45, 7) is 3.26. The van der Waals surface area contributed by atoms with E-state index in [1.165, 1.54) is 6.92 Å². The fourth-order valence-electron chi connectivity index (χ4n) is 2.63. The standard InChI is InChI=1S/C14H13N3O5/c1-7-3-4-10-9(5-7)14(19,13(18)15-10)6-11-12(17(20)21)8(2)16-22-11/h3-5,19H,6H2,1-2H3,(H,15,18). The van der Waals surface area contributed by atoms with Crippen LogP contribution in [0.1, 0.15) is 22.6 Å². The van der Waals surface area contributed by atoms with Gasteiger partial charge in [-0.3, -0.25) is 14.9 Å². The number of nitro groups is 1. The molecule has 1 atom stereocenters. The smallest absolute Gasteiger partial charge is 0.334 e. The van der Waals surface area contributed by atoms with Crippen molar-refractivity contribution in [2.75, 3.05) is 5.32 Å². The Kier molecular flexibility index (Phi) is 2.99. The van der Waals surface area contributed by atoms with E-state index >= 15 is 0 Å². The lowest BCUT2D eigenvalue weighted by Gasteiger charge is -2.19. The summed E-state index contributed by atoms with van der Waals surface area (Å²) in [4.78, 5) is 22.6. The summed E-state index contributed by atoms with van der Waals surface area (Å²) >= 11 is 0. The molecular formula is C14H13N3O5. The van der Waals surface area contributed by atoms with Crippen molar-refractivity contribution in [2.45, 2.75) is 25.9 Å². The molecule has 1 unspecified atom stereocenters. The molecule has 8 nitrogen and oxygen atoms in total. The minimum absolute atomic E-state index is 0.103. The molecule has 0 radical (unpaired) electrons. The van der Waals surface area contributed by atoms with Crippen molar-refractivity contribution in [1.29, 1.82) is 0 Å². The summed E-state index contributed by atoms with van der Waals surface area (Å²) in [5.74, 6) is -0.772. The Labute approximate surface area is 124 Å². The Balaban J connectivity index is 2.08. The highest BCUT2D eigenvalue weighted by molar-refractivity contribution is 6.05. The molecular weight excluding hydrogens is 290 g/mol. The number of benzene rings is 1. The van der Waals surface area contributed by atoms with Gasteiger partial charge in [0.05, 0.1) is 11.3 Å². The quantitative estimate of drug-likeness (QED) is 0.656. The average Bonchev–Trinajstić information content (AvgIpc) is 2.91. The van der Waals surface area contributed by atoms with Crippen LogP contribution in [0.4, 0.5) is 11.4 Å². The predicted molar refractivity (Wildman–Crippen MR) is 75.3 cm³/mol. The summed E-state index contributed by atoms with van der Waals surface area (Å²) in [6, 6.07) is 5.15. The summed E-state index contributed by atoms with van der Waals surface area (Å²) in [6.07, 6.45) is -0.355. The van der Waals surface area contributed by atoms with Gasteiger partial charge in [0.2, 0.25) is 5.76 Å². The number of amides is 1. The number of carbonyl (C=O) groups is 1. The predicted octanol–water partition coefficient (Wildman–Crippen LogP) is 1.58. The van der Waals surface area contributed by atoms with Gasteiger partial charge in [-0.15, -0.1) is 0 Å². The van der Waals surface area contributed by atoms with Crippen LogP contribution in [0.2, 0.25) is 0 Å². The number of hydrogen-bond acceptors (Lipinski definition) is 6. The van der Waals surface area contributed by atoms with Crippen LogP contribution in [0.5, 0.6) is 0 Å². The van der Waals surface area contributed by atoms with E-state index in [9.17, 15) is 20.0 Å². The monoisotopic (exact) mass is 303 g/mol. The highest BCUT2D eigenvalue weighted by atomic mass is 16.6. The van der Waals surface area contributed by atoms with E-state index in [4.69, 9.17) is 4.52 Å². The third-order valence-corrected chi connectivity index (χ3v) is 3.74. The number of anilines is 1. The first-order valence-electron chi connectivity index (χ1n) is 6.57. The Morgan fingerprint density at radius 3 is 2.86 bits per heavy atom. The van der Waals surface area contributed by atoms with Crippen molar-refractivity contribution in [3.63, 3.8) is 0 Å². The second-order valence-electron chi connectivity index (χ2n) is 5.34. The van der Waals surface area contributed by atoms with E-state index in [2.05, 4.69) is 10.5 Å². The van der Waals surface area contributed by atoms with Crippen LogP contribution >= 0.6 is 0 Å². The first-order valence-corrected chi connectivity index (χ1v) is 6.57. The Morgan fingerprint density at radius 1 is 1.45 bits per heavy atom. The highest BCUT2D eigenvalue weighted by Gasteiger charge is 2.48. The second kappa shape index (κ2) is 4.63. The van der Waals surface area contributed by atoms with Crippen LogP contribution in [0.15, 0.2) is 22.7 Å². The van der Waals surface area contributed by atoms with Gasteiger partial charge in [-0.05, 0) is 19.9 Å². The lowest BCUT2D eigenvalue weighted by atomic mass is 9.89. The van der Waals surface area contributed by atoms with Crippen LogP contribution in [0.3, 0.4) is 0 Å². The van der Waals surface area contributed by atoms with E-state index in [-0.39, 0.29) is 23.6 Å². The van der Waals surface area contributed by atoms with E-state index in [1.54, 1.807) is 18.2 Å². The molecule has 3 rings (SSSR count). The summed E-state index contributed by atoms with van der Waals surface area (Å²) in [7, 11) is 0. The zero-order chi connectivity index (χ0) is 16.1. The molecule has 1 amide bonds. The molecule has 2 aromatic rings. The molecule has 1 aliphatic rings. The molecule has 8 heteroatoms. The summed E-state index contributed by atoms with van der Waals surface area (Å²) < 4.78 is 4.95. The second-order valence-corrected chi connectivity index (χ2v) is 5.34. The van der Waals surface area contributed by atoms with Gasteiger partial charge < -0.3 is 14.9 Å². The fraction of sp³-hybridized carbons (Fsp3) is 0.286. The molecule has 0 bridgehead atoms. The van der Waals surface area contributed by atoms with Crippen molar-refractivity contribution >= 4 is 17.3 Å². The Bertz CT molecular complexity index is 798. The topological polar surface area (TPSA) is 118 Å². The summed E-state index contributed by atoms with van der Waals surface area (Å²) in [5, 5.41) is 28.0. The van der Waals surface area contributed by atoms with E-state index in [1.807, 2.05) is 6.92 Å². The van der Waals surface area contributed by atoms with E-state index in [0.29, 0.717) is 11.3 Å². The normalized spacial score (nSPS) is 19.9. The molecule has 0 aliphatic carbocycles. The number of fused-ring (bicyclic) bond motifs is 1. The maximum Gasteiger partial charge on any atom is 0.334 e. The first-order chi connectivity index (χ1) is 10.3. The van der Waals surface area contributed by atoms with Crippen molar-refractivity contribution in [3.05, 3.63) is 50.9 Å². The molecule has 1 aromatic carbocycles. The van der Waals surface area contributed by atoms with Gasteiger partial charge in [0, 0.05) is 11.3 Å². The SMILES string of the molecule is Cc1ccc2c(c1)C(O)(Cc1onc(C)c1[N+](=O)[O-])C(=O)N2. The number of hydrogen-bond donors (Lipinski definition) is 2. The van der Waals surface area contributed by atoms with Crippen molar-refractivity contribution in [3.8, 4) is 0 Å². The summed E-state index contributed by atoms with van der Waals surface area (Å²) in [5.41, 5.74) is -0.415. The van der Waals surface area contributed by atoms with Gasteiger partial charge in [-0.1, -0.05) is 22.9 Å². The van der Waals surface area contributed by atoms with Crippen LogP contribution in [0.25, 0.3) is 0 Å². The lowest BCUT2D eigenvalue weighted by molar-refractivity contribution is -0.386. The third kappa shape index (κ3) is 1.96. The highest BCUT2D eigenvalue weighted by Crippen LogP contribution is 2.40. The molecule has 0 saturated heterocycles.